The first kappa shape index (κ1) is 21.4. The van der Waals surface area contributed by atoms with Gasteiger partial charge >= 0.3 is 0 Å². The average Bonchev–Trinajstić information content (AvgIpc) is 3.43. The normalized spacial score (nSPS) is 21.1. The molecule has 7 heteroatoms. The summed E-state index contributed by atoms with van der Waals surface area (Å²) in [5.74, 6) is 1.08. The minimum atomic E-state index is -0.647. The van der Waals surface area contributed by atoms with E-state index < -0.39 is 5.79 Å². The topological polar surface area (TPSA) is 45.5 Å². The number of hydrogen-bond donors (Lipinski definition) is 0. The van der Waals surface area contributed by atoms with Crippen molar-refractivity contribution in [1.82, 2.24) is 9.55 Å². The lowest BCUT2D eigenvalue weighted by Gasteiger charge is -2.28. The van der Waals surface area contributed by atoms with Crippen molar-refractivity contribution in [3.05, 3.63) is 77.3 Å². The van der Waals surface area contributed by atoms with Gasteiger partial charge in [-0.1, -0.05) is 28.1 Å². The maximum absolute atomic E-state index is 6.51. The Morgan fingerprint density at radius 3 is 2.70 bits per heavy atom. The molecule has 3 aromatic rings. The zero-order chi connectivity index (χ0) is 20.8. The van der Waals surface area contributed by atoms with Gasteiger partial charge in [-0.25, -0.2) is 4.98 Å². The Kier molecular flexibility index (Phi) is 7.15. The molecule has 0 amide bonds. The summed E-state index contributed by atoms with van der Waals surface area (Å²) in [5.41, 5.74) is 1.24. The molecular weight excluding hydrogens is 464 g/mol. The van der Waals surface area contributed by atoms with Gasteiger partial charge in [-0.15, -0.1) is 11.8 Å². The monoisotopic (exact) mass is 488 g/mol. The highest BCUT2D eigenvalue weighted by atomic mass is 79.9. The van der Waals surface area contributed by atoms with E-state index in [1.807, 2.05) is 29.2 Å². The number of rotatable bonds is 9. The van der Waals surface area contributed by atoms with Gasteiger partial charge < -0.3 is 18.8 Å². The highest BCUT2D eigenvalue weighted by Crippen LogP contribution is 2.33. The third-order valence-electron chi connectivity index (χ3n) is 5.10. The fourth-order valence-corrected chi connectivity index (χ4v) is 4.63. The summed E-state index contributed by atoms with van der Waals surface area (Å²) in [6.45, 7) is 1.23. The summed E-state index contributed by atoms with van der Waals surface area (Å²) in [4.78, 5) is 5.39. The quantitative estimate of drug-likeness (QED) is 0.387. The van der Waals surface area contributed by atoms with Crippen molar-refractivity contribution in [3.8, 4) is 5.75 Å². The predicted octanol–water partition coefficient (Wildman–Crippen LogP) is 5.19. The molecule has 2 unspecified atom stereocenters. The molecule has 0 aliphatic carbocycles. The van der Waals surface area contributed by atoms with E-state index in [1.54, 1.807) is 25.1 Å². The highest BCUT2D eigenvalue weighted by Gasteiger charge is 2.41. The van der Waals surface area contributed by atoms with E-state index >= 15 is 0 Å². The fraction of sp³-hybridized carbons (Fsp3) is 0.348. The number of halogens is 1. The molecule has 1 aliphatic heterocycles. The zero-order valence-electron chi connectivity index (χ0n) is 16.9. The Hall–Kier alpha value is -1.80. The molecule has 5 nitrogen and oxygen atoms in total. The van der Waals surface area contributed by atoms with Crippen molar-refractivity contribution in [2.24, 2.45) is 0 Å². The first-order chi connectivity index (χ1) is 14.6. The van der Waals surface area contributed by atoms with Gasteiger partial charge in [0.25, 0.3) is 0 Å². The van der Waals surface area contributed by atoms with Crippen LogP contribution in [0.25, 0.3) is 0 Å². The number of imidazole rings is 1. The predicted molar refractivity (Wildman–Crippen MR) is 122 cm³/mol. The summed E-state index contributed by atoms with van der Waals surface area (Å²) < 4.78 is 21.2. The number of aryl methyl sites for hydroxylation is 1. The van der Waals surface area contributed by atoms with Crippen molar-refractivity contribution in [2.45, 2.75) is 36.2 Å². The van der Waals surface area contributed by atoms with Crippen LogP contribution >= 0.6 is 27.7 Å². The van der Waals surface area contributed by atoms with E-state index in [0.717, 1.165) is 28.8 Å². The largest absolute Gasteiger partial charge is 0.497 e. The van der Waals surface area contributed by atoms with Crippen LogP contribution in [0.2, 0.25) is 0 Å². The molecule has 158 valence electrons. The molecule has 0 bridgehead atoms. The van der Waals surface area contributed by atoms with Crippen LogP contribution in [-0.4, -0.2) is 40.9 Å². The van der Waals surface area contributed by atoms with Gasteiger partial charge in [0, 0.05) is 33.9 Å². The van der Waals surface area contributed by atoms with Crippen molar-refractivity contribution < 1.29 is 14.2 Å². The van der Waals surface area contributed by atoms with Gasteiger partial charge in [0.1, 0.15) is 5.75 Å². The first-order valence-corrected chi connectivity index (χ1v) is 11.7. The molecule has 0 N–H and O–H groups in total. The molecule has 0 saturated carbocycles. The Labute approximate surface area is 189 Å². The van der Waals surface area contributed by atoms with Crippen LogP contribution in [0, 0.1) is 0 Å². The van der Waals surface area contributed by atoms with Crippen LogP contribution in [0.1, 0.15) is 12.0 Å². The second-order valence-electron chi connectivity index (χ2n) is 7.31. The number of hydrogen-bond acceptors (Lipinski definition) is 5. The van der Waals surface area contributed by atoms with E-state index in [-0.39, 0.29) is 6.10 Å². The second kappa shape index (κ2) is 10.0. The van der Waals surface area contributed by atoms with Crippen LogP contribution in [0.3, 0.4) is 0 Å². The Bertz CT molecular complexity index is 919. The zero-order valence-corrected chi connectivity index (χ0v) is 19.3. The van der Waals surface area contributed by atoms with E-state index in [4.69, 9.17) is 14.2 Å². The van der Waals surface area contributed by atoms with Crippen molar-refractivity contribution >= 4 is 27.7 Å². The van der Waals surface area contributed by atoms with E-state index in [1.165, 1.54) is 10.5 Å². The van der Waals surface area contributed by atoms with Crippen LogP contribution in [0.15, 0.2) is 76.6 Å². The Morgan fingerprint density at radius 2 is 2.00 bits per heavy atom. The maximum Gasteiger partial charge on any atom is 0.187 e. The lowest BCUT2D eigenvalue weighted by Crippen LogP contribution is -2.37. The SMILES string of the molecule is COc1ccc(CCC2(Cn3ccnc3)OCC(CSc3ccc(Br)cc3)O2)cc1. The average molecular weight is 489 g/mol. The highest BCUT2D eigenvalue weighted by molar-refractivity contribution is 9.10. The molecule has 1 aliphatic rings. The molecular formula is C23H25BrN2O3S. The smallest absolute Gasteiger partial charge is 0.187 e. The number of benzene rings is 2. The maximum atomic E-state index is 6.51. The number of thioether (sulfide) groups is 1. The summed E-state index contributed by atoms with van der Waals surface area (Å²) >= 11 is 5.28. The first-order valence-electron chi connectivity index (χ1n) is 9.93. The molecule has 1 saturated heterocycles. The summed E-state index contributed by atoms with van der Waals surface area (Å²) in [5, 5.41) is 0. The van der Waals surface area contributed by atoms with Gasteiger partial charge in [0.05, 0.1) is 32.7 Å². The number of aromatic nitrogens is 2. The Balaban J connectivity index is 1.39. The van der Waals surface area contributed by atoms with E-state index in [0.29, 0.717) is 13.2 Å². The molecule has 4 rings (SSSR count). The van der Waals surface area contributed by atoms with Gasteiger partial charge in [-0.2, -0.15) is 0 Å². The molecule has 0 spiro atoms. The van der Waals surface area contributed by atoms with Gasteiger partial charge in [-0.05, 0) is 48.4 Å². The van der Waals surface area contributed by atoms with Crippen LogP contribution < -0.4 is 4.74 Å². The van der Waals surface area contributed by atoms with Crippen LogP contribution in [0.4, 0.5) is 0 Å². The van der Waals surface area contributed by atoms with Crippen LogP contribution in [0.5, 0.6) is 5.75 Å². The lowest BCUT2D eigenvalue weighted by atomic mass is 10.0. The van der Waals surface area contributed by atoms with Crippen molar-refractivity contribution in [2.75, 3.05) is 19.5 Å². The third kappa shape index (κ3) is 5.66. The Morgan fingerprint density at radius 1 is 1.20 bits per heavy atom. The molecule has 2 heterocycles. The fourth-order valence-electron chi connectivity index (χ4n) is 3.50. The van der Waals surface area contributed by atoms with Crippen molar-refractivity contribution in [3.63, 3.8) is 0 Å². The third-order valence-corrected chi connectivity index (χ3v) is 6.77. The van der Waals surface area contributed by atoms with Gasteiger partial charge in [0.15, 0.2) is 5.79 Å². The van der Waals surface area contributed by atoms with E-state index in [2.05, 4.69) is 57.3 Å². The molecule has 30 heavy (non-hydrogen) atoms. The lowest BCUT2D eigenvalue weighted by molar-refractivity contribution is -0.180. The standard InChI is InChI=1S/C23H25BrN2O3S/c1-27-20-6-2-18(3-7-20)10-11-23(16-26-13-12-25-17-26)28-14-21(29-23)15-30-22-8-4-19(24)5-9-22/h2-9,12-13,17,21H,10-11,14-16H2,1H3. The molecule has 1 aromatic heterocycles. The summed E-state index contributed by atoms with van der Waals surface area (Å²) in [6, 6.07) is 16.5. The van der Waals surface area contributed by atoms with Crippen molar-refractivity contribution in [1.29, 1.82) is 0 Å². The minimum Gasteiger partial charge on any atom is -0.497 e. The molecule has 2 atom stereocenters. The summed E-state index contributed by atoms with van der Waals surface area (Å²) in [7, 11) is 1.68. The number of methoxy groups -OCH3 is 1. The number of nitrogens with zero attached hydrogens (tertiary/aromatic N) is 2. The molecule has 2 aromatic carbocycles. The van der Waals surface area contributed by atoms with Crippen LogP contribution in [-0.2, 0) is 22.4 Å². The minimum absolute atomic E-state index is 0.0537. The van der Waals surface area contributed by atoms with E-state index in [9.17, 15) is 0 Å². The molecule has 0 radical (unpaired) electrons. The van der Waals surface area contributed by atoms with Gasteiger partial charge in [-0.3, -0.25) is 0 Å². The van der Waals surface area contributed by atoms with Gasteiger partial charge in [0.2, 0.25) is 0 Å². The number of ether oxygens (including phenoxy) is 3. The second-order valence-corrected chi connectivity index (χ2v) is 9.32. The molecule has 1 fully saturated rings. The summed E-state index contributed by atoms with van der Waals surface area (Å²) in [6.07, 6.45) is 7.24.